The van der Waals surface area contributed by atoms with Crippen LogP contribution < -0.4 is 9.64 Å². The van der Waals surface area contributed by atoms with E-state index in [1.807, 2.05) is 24.3 Å². The van der Waals surface area contributed by atoms with Crippen LogP contribution in [0.3, 0.4) is 0 Å². The average Bonchev–Trinajstić information content (AvgIpc) is 2.93. The van der Waals surface area contributed by atoms with E-state index in [1.54, 1.807) is 19.4 Å². The van der Waals surface area contributed by atoms with Gasteiger partial charge in [-0.05, 0) is 58.1 Å². The number of phenols is 1. The van der Waals surface area contributed by atoms with Gasteiger partial charge in [0.25, 0.3) is 0 Å². The zero-order chi connectivity index (χ0) is 26.6. The molecule has 2 aromatic heterocycles. The molecule has 0 bridgehead atoms. The summed E-state index contributed by atoms with van der Waals surface area (Å²) in [6.45, 7) is 8.80. The molecule has 0 fully saturated rings. The number of nitrogens with zero attached hydrogens (tertiary/aromatic N) is 3. The topological polar surface area (TPSA) is 58.5 Å². The molecule has 0 aliphatic carbocycles. The SMILES string of the molecule is COc1ccc(N2c3[c-]c(-c4ccc5c(C(C)C)ccc(O)c5n4)ccc3C(C)(C)c3ccccc32)nc1.[Pt]. The predicted octanol–water partition coefficient (Wildman–Crippen LogP) is 8.04. The summed E-state index contributed by atoms with van der Waals surface area (Å²) in [6.07, 6.45) is 1.74. The molecule has 3 heterocycles. The summed E-state index contributed by atoms with van der Waals surface area (Å²) in [7, 11) is 1.64. The summed E-state index contributed by atoms with van der Waals surface area (Å²) in [5.74, 6) is 2.00. The Morgan fingerprint density at radius 1 is 0.923 bits per heavy atom. The van der Waals surface area contributed by atoms with Gasteiger partial charge in [0, 0.05) is 32.1 Å². The van der Waals surface area contributed by atoms with Gasteiger partial charge in [0.2, 0.25) is 0 Å². The molecule has 3 aromatic carbocycles. The molecule has 0 saturated carbocycles. The van der Waals surface area contributed by atoms with Crippen molar-refractivity contribution in [2.45, 2.75) is 39.0 Å². The van der Waals surface area contributed by atoms with Gasteiger partial charge in [-0.2, -0.15) is 0 Å². The second-order valence-corrected chi connectivity index (χ2v) is 10.6. The van der Waals surface area contributed by atoms with Gasteiger partial charge >= 0.3 is 0 Å². The van der Waals surface area contributed by atoms with E-state index in [-0.39, 0.29) is 32.2 Å². The Morgan fingerprint density at radius 3 is 2.44 bits per heavy atom. The van der Waals surface area contributed by atoms with Crippen LogP contribution in [0.2, 0.25) is 0 Å². The first-order chi connectivity index (χ1) is 18.3. The van der Waals surface area contributed by atoms with Crippen molar-refractivity contribution in [1.82, 2.24) is 9.97 Å². The van der Waals surface area contributed by atoms with Gasteiger partial charge in [-0.3, -0.25) is 4.98 Å². The van der Waals surface area contributed by atoms with E-state index < -0.39 is 0 Å². The van der Waals surface area contributed by atoms with E-state index in [1.165, 1.54) is 11.1 Å². The molecule has 0 saturated heterocycles. The zero-order valence-corrected chi connectivity index (χ0v) is 24.9. The summed E-state index contributed by atoms with van der Waals surface area (Å²) >= 11 is 0. The molecule has 0 atom stereocenters. The molecule has 5 aromatic rings. The second-order valence-electron chi connectivity index (χ2n) is 10.6. The first-order valence-electron chi connectivity index (χ1n) is 12.9. The van der Waals surface area contributed by atoms with Crippen LogP contribution in [0, 0.1) is 6.07 Å². The maximum Gasteiger partial charge on any atom is 0.140 e. The predicted molar refractivity (Wildman–Crippen MR) is 153 cm³/mol. The number of anilines is 3. The van der Waals surface area contributed by atoms with Gasteiger partial charge in [-0.15, -0.1) is 23.8 Å². The molecule has 0 radical (unpaired) electrons. The van der Waals surface area contributed by atoms with E-state index in [0.717, 1.165) is 39.4 Å². The number of aromatic hydroxyl groups is 1. The third kappa shape index (κ3) is 4.39. The van der Waals surface area contributed by atoms with Crippen LogP contribution in [0.1, 0.15) is 50.3 Å². The van der Waals surface area contributed by atoms with E-state index in [2.05, 4.69) is 81.1 Å². The molecule has 1 N–H and O–H groups in total. The number of rotatable bonds is 4. The molecular formula is C33H30N3O2Pt-. The fourth-order valence-corrected chi connectivity index (χ4v) is 5.52. The number of fused-ring (bicyclic) bond motifs is 3. The second kappa shape index (κ2) is 10.1. The Morgan fingerprint density at radius 2 is 1.72 bits per heavy atom. The van der Waals surface area contributed by atoms with Crippen molar-refractivity contribution >= 4 is 28.1 Å². The quantitative estimate of drug-likeness (QED) is 0.193. The standard InChI is InChI=1S/C33H30N3O2.Pt/c1-20(2)23-13-16-30(37)32-24(23)12-15-27(35-32)21-10-14-26-29(18-21)36(31-17-11-22(38-5)19-34-31)28-9-7-6-8-25(28)33(26,3)4;/h6-17,19-20,37H,1-5H3;/q-1;. The first kappa shape index (κ1) is 26.9. The van der Waals surface area contributed by atoms with Crippen molar-refractivity contribution in [2.24, 2.45) is 0 Å². The third-order valence-corrected chi connectivity index (χ3v) is 7.59. The minimum absolute atomic E-state index is 0. The molecular weight excluding hydrogens is 665 g/mol. The molecule has 5 nitrogen and oxygen atoms in total. The van der Waals surface area contributed by atoms with E-state index in [4.69, 9.17) is 14.7 Å². The summed E-state index contributed by atoms with van der Waals surface area (Å²) in [4.78, 5) is 11.8. The van der Waals surface area contributed by atoms with Crippen molar-refractivity contribution in [2.75, 3.05) is 12.0 Å². The van der Waals surface area contributed by atoms with Crippen LogP contribution in [0.4, 0.5) is 17.2 Å². The van der Waals surface area contributed by atoms with Crippen LogP contribution >= 0.6 is 0 Å². The molecule has 6 rings (SSSR count). The molecule has 0 unspecified atom stereocenters. The Hall–Kier alpha value is -3.69. The van der Waals surface area contributed by atoms with E-state index >= 15 is 0 Å². The number of ether oxygens (including phenoxy) is 1. The number of hydrogen-bond acceptors (Lipinski definition) is 5. The third-order valence-electron chi connectivity index (χ3n) is 7.59. The molecule has 39 heavy (non-hydrogen) atoms. The number of aromatic nitrogens is 2. The summed E-state index contributed by atoms with van der Waals surface area (Å²) in [6, 6.07) is 28.1. The van der Waals surface area contributed by atoms with E-state index in [0.29, 0.717) is 17.2 Å². The fourth-order valence-electron chi connectivity index (χ4n) is 5.52. The summed E-state index contributed by atoms with van der Waals surface area (Å²) in [5.41, 5.74) is 7.55. The largest absolute Gasteiger partial charge is 0.506 e. The van der Waals surface area contributed by atoms with Gasteiger partial charge in [0.1, 0.15) is 22.8 Å². The maximum atomic E-state index is 10.7. The minimum atomic E-state index is -0.231. The molecule has 1 aliphatic heterocycles. The average molecular weight is 696 g/mol. The van der Waals surface area contributed by atoms with Crippen LogP contribution in [0.15, 0.2) is 79.0 Å². The van der Waals surface area contributed by atoms with Crippen LogP contribution in [0.5, 0.6) is 11.5 Å². The van der Waals surface area contributed by atoms with Crippen molar-refractivity contribution in [3.05, 3.63) is 102 Å². The molecule has 0 spiro atoms. The zero-order valence-electron chi connectivity index (χ0n) is 22.6. The number of hydrogen-bond donors (Lipinski definition) is 1. The van der Waals surface area contributed by atoms with Crippen molar-refractivity contribution in [3.8, 4) is 22.8 Å². The van der Waals surface area contributed by atoms with Gasteiger partial charge in [-0.25, -0.2) is 4.98 Å². The molecule has 200 valence electrons. The van der Waals surface area contributed by atoms with Crippen LogP contribution in [-0.2, 0) is 26.5 Å². The maximum absolute atomic E-state index is 10.7. The van der Waals surface area contributed by atoms with Gasteiger partial charge < -0.3 is 14.7 Å². The van der Waals surface area contributed by atoms with Crippen molar-refractivity contribution in [3.63, 3.8) is 0 Å². The molecule has 0 amide bonds. The van der Waals surface area contributed by atoms with E-state index in [9.17, 15) is 5.11 Å². The minimum Gasteiger partial charge on any atom is -0.506 e. The number of para-hydroxylation sites is 1. The van der Waals surface area contributed by atoms with Gasteiger partial charge in [0.15, 0.2) is 0 Å². The van der Waals surface area contributed by atoms with Gasteiger partial charge in [-0.1, -0.05) is 69.7 Å². The normalized spacial score (nSPS) is 13.5. The van der Waals surface area contributed by atoms with Gasteiger partial charge in [0.05, 0.1) is 13.3 Å². The van der Waals surface area contributed by atoms with Crippen LogP contribution in [0.25, 0.3) is 22.2 Å². The molecule has 1 aliphatic rings. The number of methoxy groups -OCH3 is 1. The monoisotopic (exact) mass is 695 g/mol. The van der Waals surface area contributed by atoms with Crippen molar-refractivity contribution < 1.29 is 30.9 Å². The van der Waals surface area contributed by atoms with Crippen LogP contribution in [-0.4, -0.2) is 22.2 Å². The summed E-state index contributed by atoms with van der Waals surface area (Å²) < 4.78 is 5.36. The summed E-state index contributed by atoms with van der Waals surface area (Å²) in [5, 5.41) is 11.6. The number of pyridine rings is 2. The Balaban J connectivity index is 0.00000308. The Bertz CT molecular complexity index is 1680. The first-order valence-corrected chi connectivity index (χ1v) is 12.9. The smallest absolute Gasteiger partial charge is 0.140 e. The van der Waals surface area contributed by atoms with Crippen molar-refractivity contribution in [1.29, 1.82) is 0 Å². The molecule has 6 heteroatoms. The number of benzene rings is 3. The Labute approximate surface area is 243 Å². The number of phenolic OH excluding ortho intramolecular Hbond substituents is 1. The fraction of sp³-hybridized carbons (Fsp3) is 0.212. The Kier molecular flexibility index (Phi) is 6.98.